The van der Waals surface area contributed by atoms with E-state index in [0.29, 0.717) is 10.6 Å². The minimum Gasteiger partial charge on any atom is -0.508 e. The maximum Gasteiger partial charge on any atom is 0.337 e. The zero-order valence-electron chi connectivity index (χ0n) is 9.08. The van der Waals surface area contributed by atoms with Gasteiger partial charge in [0, 0.05) is 11.3 Å². The van der Waals surface area contributed by atoms with E-state index in [-0.39, 0.29) is 18.1 Å². The molecule has 1 atom stereocenters. The van der Waals surface area contributed by atoms with E-state index < -0.39 is 11.3 Å². The van der Waals surface area contributed by atoms with E-state index in [1.165, 1.54) is 17.0 Å². The monoisotopic (exact) mass is 253 g/mol. The lowest BCUT2D eigenvalue weighted by atomic mass is 10.2. The van der Waals surface area contributed by atoms with Crippen molar-refractivity contribution in [1.82, 2.24) is 0 Å². The van der Waals surface area contributed by atoms with Gasteiger partial charge >= 0.3 is 5.97 Å². The molecule has 0 saturated carbocycles. The number of phenols is 1. The van der Waals surface area contributed by atoms with Crippen molar-refractivity contribution in [3.8, 4) is 5.75 Å². The Labute approximate surface area is 102 Å². The number of amides is 1. The van der Waals surface area contributed by atoms with Gasteiger partial charge in [0.2, 0.25) is 5.91 Å². The van der Waals surface area contributed by atoms with E-state index in [9.17, 15) is 14.7 Å². The van der Waals surface area contributed by atoms with Gasteiger partial charge in [-0.15, -0.1) is 0 Å². The van der Waals surface area contributed by atoms with E-state index in [4.69, 9.17) is 5.11 Å². The van der Waals surface area contributed by atoms with Crippen LogP contribution in [0.3, 0.4) is 0 Å². The first-order valence-corrected chi connectivity index (χ1v) is 5.97. The Bertz CT molecular complexity index is 488. The SMILES string of the molecule is CCC(=O)N1c2ccc(O)cc2SC1C(=O)O. The third kappa shape index (κ3) is 1.95. The smallest absolute Gasteiger partial charge is 0.337 e. The molecular formula is C11H11NO4S. The maximum absolute atomic E-state index is 11.8. The van der Waals surface area contributed by atoms with E-state index in [1.807, 2.05) is 0 Å². The number of nitrogens with zero attached hydrogens (tertiary/aromatic N) is 1. The average molecular weight is 253 g/mol. The lowest BCUT2D eigenvalue weighted by Crippen LogP contribution is -2.40. The van der Waals surface area contributed by atoms with Gasteiger partial charge < -0.3 is 10.2 Å². The summed E-state index contributed by atoms with van der Waals surface area (Å²) in [5.74, 6) is -1.24. The van der Waals surface area contributed by atoms with E-state index >= 15 is 0 Å². The van der Waals surface area contributed by atoms with Gasteiger partial charge in [0.25, 0.3) is 0 Å². The molecule has 1 unspecified atom stereocenters. The molecular weight excluding hydrogens is 242 g/mol. The highest BCUT2D eigenvalue weighted by atomic mass is 32.2. The van der Waals surface area contributed by atoms with Crippen molar-refractivity contribution in [3.05, 3.63) is 18.2 Å². The number of carbonyl (C=O) groups is 2. The van der Waals surface area contributed by atoms with Gasteiger partial charge in [0.15, 0.2) is 5.37 Å². The molecule has 0 bridgehead atoms. The third-order valence-corrected chi connectivity index (χ3v) is 3.68. The molecule has 5 nitrogen and oxygen atoms in total. The molecule has 2 N–H and O–H groups in total. The molecule has 0 spiro atoms. The predicted molar refractivity (Wildman–Crippen MR) is 63.2 cm³/mol. The van der Waals surface area contributed by atoms with Gasteiger partial charge in [-0.2, -0.15) is 0 Å². The highest BCUT2D eigenvalue weighted by Crippen LogP contribution is 2.45. The van der Waals surface area contributed by atoms with E-state index in [0.717, 1.165) is 11.8 Å². The summed E-state index contributed by atoms with van der Waals surface area (Å²) in [6.07, 6.45) is 0.241. The van der Waals surface area contributed by atoms with Crippen molar-refractivity contribution in [1.29, 1.82) is 0 Å². The number of carbonyl (C=O) groups excluding carboxylic acids is 1. The fourth-order valence-corrected chi connectivity index (χ4v) is 2.85. The summed E-state index contributed by atoms with van der Waals surface area (Å²) < 4.78 is 0. The second-order valence-corrected chi connectivity index (χ2v) is 4.70. The molecule has 1 aromatic carbocycles. The van der Waals surface area contributed by atoms with E-state index in [2.05, 4.69) is 0 Å². The summed E-state index contributed by atoms with van der Waals surface area (Å²) in [7, 11) is 0. The summed E-state index contributed by atoms with van der Waals surface area (Å²) in [6.45, 7) is 1.68. The van der Waals surface area contributed by atoms with Crippen LogP contribution in [0.15, 0.2) is 23.1 Å². The van der Waals surface area contributed by atoms with Crippen molar-refractivity contribution in [2.45, 2.75) is 23.6 Å². The molecule has 0 radical (unpaired) electrons. The maximum atomic E-state index is 11.8. The molecule has 1 aliphatic heterocycles. The van der Waals surface area contributed by atoms with Crippen molar-refractivity contribution in [3.63, 3.8) is 0 Å². The van der Waals surface area contributed by atoms with Gasteiger partial charge in [0.05, 0.1) is 5.69 Å². The number of anilines is 1. The summed E-state index contributed by atoms with van der Waals surface area (Å²) in [5, 5.41) is 17.5. The Morgan fingerprint density at radius 2 is 2.18 bits per heavy atom. The zero-order valence-corrected chi connectivity index (χ0v) is 9.90. The first-order chi connectivity index (χ1) is 8.04. The number of aliphatic carboxylic acids is 1. The molecule has 0 aromatic heterocycles. The molecule has 1 aromatic rings. The fraction of sp³-hybridized carbons (Fsp3) is 0.273. The molecule has 0 saturated heterocycles. The van der Waals surface area contributed by atoms with Gasteiger partial charge in [-0.3, -0.25) is 9.69 Å². The number of fused-ring (bicyclic) bond motifs is 1. The number of carboxylic acids is 1. The Hall–Kier alpha value is -1.69. The van der Waals surface area contributed by atoms with Crippen molar-refractivity contribution in [2.75, 3.05) is 4.90 Å². The number of benzene rings is 1. The van der Waals surface area contributed by atoms with Crippen LogP contribution in [0.5, 0.6) is 5.75 Å². The summed E-state index contributed by atoms with van der Waals surface area (Å²) >= 11 is 1.06. The molecule has 1 aliphatic rings. The minimum absolute atomic E-state index is 0.0613. The van der Waals surface area contributed by atoms with Crippen LogP contribution in [-0.2, 0) is 9.59 Å². The predicted octanol–water partition coefficient (Wildman–Crippen LogP) is 1.65. The molecule has 1 amide bonds. The third-order valence-electron chi connectivity index (χ3n) is 2.46. The molecule has 17 heavy (non-hydrogen) atoms. The van der Waals surface area contributed by atoms with E-state index in [1.54, 1.807) is 13.0 Å². The molecule has 6 heteroatoms. The van der Waals surface area contributed by atoms with Crippen LogP contribution < -0.4 is 4.90 Å². The van der Waals surface area contributed by atoms with Gasteiger partial charge in [0.1, 0.15) is 5.75 Å². The Balaban J connectivity index is 2.46. The number of hydrogen-bond acceptors (Lipinski definition) is 4. The largest absolute Gasteiger partial charge is 0.508 e. The zero-order chi connectivity index (χ0) is 12.6. The number of hydrogen-bond donors (Lipinski definition) is 2. The summed E-state index contributed by atoms with van der Waals surface area (Å²) in [6, 6.07) is 4.48. The second kappa shape index (κ2) is 4.29. The van der Waals surface area contributed by atoms with Crippen LogP contribution in [0.2, 0.25) is 0 Å². The van der Waals surface area contributed by atoms with Crippen molar-refractivity contribution in [2.24, 2.45) is 0 Å². The lowest BCUT2D eigenvalue weighted by molar-refractivity contribution is -0.137. The fourth-order valence-electron chi connectivity index (χ4n) is 1.69. The Morgan fingerprint density at radius 1 is 1.47 bits per heavy atom. The van der Waals surface area contributed by atoms with Crippen LogP contribution in [0.25, 0.3) is 0 Å². The number of thioether (sulfide) groups is 1. The lowest BCUT2D eigenvalue weighted by Gasteiger charge is -2.20. The number of carboxylic acid groups (broad SMARTS) is 1. The van der Waals surface area contributed by atoms with Crippen LogP contribution >= 0.6 is 11.8 Å². The minimum atomic E-state index is -1.06. The van der Waals surface area contributed by atoms with Crippen LogP contribution in [0.4, 0.5) is 5.69 Å². The van der Waals surface area contributed by atoms with Gasteiger partial charge in [-0.25, -0.2) is 4.79 Å². The highest BCUT2D eigenvalue weighted by molar-refractivity contribution is 8.01. The topological polar surface area (TPSA) is 77.8 Å². The first-order valence-electron chi connectivity index (χ1n) is 5.09. The Morgan fingerprint density at radius 3 is 2.76 bits per heavy atom. The van der Waals surface area contributed by atoms with Crippen molar-refractivity contribution < 1.29 is 19.8 Å². The molecule has 2 rings (SSSR count). The summed E-state index contributed by atoms with van der Waals surface area (Å²) in [4.78, 5) is 24.7. The standard InChI is InChI=1S/C11H11NO4S/c1-2-9(14)12-7-4-3-6(13)5-8(7)17-10(12)11(15)16/h3-5,10,13H,2H2,1H3,(H,15,16). The van der Waals surface area contributed by atoms with Crippen LogP contribution in [0.1, 0.15) is 13.3 Å². The normalized spacial score (nSPS) is 17.9. The van der Waals surface area contributed by atoms with Crippen LogP contribution in [0, 0.1) is 0 Å². The second-order valence-electron chi connectivity index (χ2n) is 3.58. The highest BCUT2D eigenvalue weighted by Gasteiger charge is 2.38. The van der Waals surface area contributed by atoms with Gasteiger partial charge in [-0.05, 0) is 18.2 Å². The van der Waals surface area contributed by atoms with Crippen molar-refractivity contribution >= 4 is 29.3 Å². The molecule has 90 valence electrons. The first kappa shape index (κ1) is 11.8. The van der Waals surface area contributed by atoms with Crippen LogP contribution in [-0.4, -0.2) is 27.5 Å². The summed E-state index contributed by atoms with van der Waals surface area (Å²) in [5.41, 5.74) is 0.548. The number of phenolic OH excluding ortho intramolecular Hbond substituents is 1. The Kier molecular flexibility index (Phi) is 2.97. The van der Waals surface area contributed by atoms with Gasteiger partial charge in [-0.1, -0.05) is 18.7 Å². The number of rotatable bonds is 2. The quantitative estimate of drug-likeness (QED) is 0.838. The average Bonchev–Trinajstić information content (AvgIpc) is 2.66. The number of aromatic hydroxyl groups is 1. The molecule has 1 heterocycles. The molecule has 0 aliphatic carbocycles. The molecule has 0 fully saturated rings.